The molecular formula is C6H6B2Cl2O4. The second kappa shape index (κ2) is 4.53. The SMILES string of the molecule is OB(O)c1cc(Cl)c(B(O)O)cc1Cl. The summed E-state index contributed by atoms with van der Waals surface area (Å²) in [5.74, 6) is 0. The van der Waals surface area contributed by atoms with Gasteiger partial charge in [-0.15, -0.1) is 0 Å². The first-order valence-electron chi connectivity index (χ1n) is 3.64. The molecule has 0 radical (unpaired) electrons. The van der Waals surface area contributed by atoms with Gasteiger partial charge in [0, 0.05) is 21.0 Å². The van der Waals surface area contributed by atoms with Gasteiger partial charge in [-0.2, -0.15) is 0 Å². The van der Waals surface area contributed by atoms with Gasteiger partial charge in [0.2, 0.25) is 0 Å². The van der Waals surface area contributed by atoms with Gasteiger partial charge in [-0.1, -0.05) is 23.2 Å². The molecule has 0 heterocycles. The maximum absolute atomic E-state index is 8.85. The van der Waals surface area contributed by atoms with Gasteiger partial charge in [-0.3, -0.25) is 0 Å². The Hall–Kier alpha value is -0.230. The van der Waals surface area contributed by atoms with E-state index in [1.807, 2.05) is 0 Å². The van der Waals surface area contributed by atoms with Gasteiger partial charge >= 0.3 is 14.2 Å². The Morgan fingerprint density at radius 1 is 0.786 bits per heavy atom. The van der Waals surface area contributed by atoms with Crippen LogP contribution in [0, 0.1) is 0 Å². The fourth-order valence-corrected chi connectivity index (χ4v) is 1.51. The van der Waals surface area contributed by atoms with Crippen molar-refractivity contribution in [2.45, 2.75) is 0 Å². The molecule has 1 aromatic carbocycles. The summed E-state index contributed by atoms with van der Waals surface area (Å²) in [6.07, 6.45) is 0. The van der Waals surface area contributed by atoms with Crippen LogP contribution in [0.4, 0.5) is 0 Å². The molecule has 0 amide bonds. The van der Waals surface area contributed by atoms with E-state index in [9.17, 15) is 0 Å². The normalized spacial score (nSPS) is 10.1. The van der Waals surface area contributed by atoms with Crippen molar-refractivity contribution in [3.63, 3.8) is 0 Å². The highest BCUT2D eigenvalue weighted by molar-refractivity contribution is 6.66. The lowest BCUT2D eigenvalue weighted by Gasteiger charge is -2.08. The molecule has 0 aliphatic rings. The first-order valence-corrected chi connectivity index (χ1v) is 4.40. The average molecular weight is 235 g/mol. The second-order valence-electron chi connectivity index (χ2n) is 2.64. The van der Waals surface area contributed by atoms with E-state index >= 15 is 0 Å². The van der Waals surface area contributed by atoms with Crippen LogP contribution >= 0.6 is 23.2 Å². The summed E-state index contributed by atoms with van der Waals surface area (Å²) in [5.41, 5.74) is 0.0298. The quantitative estimate of drug-likeness (QED) is 0.463. The van der Waals surface area contributed by atoms with Crippen molar-refractivity contribution in [1.29, 1.82) is 0 Å². The number of hydrogen-bond acceptors (Lipinski definition) is 4. The van der Waals surface area contributed by atoms with Gasteiger partial charge in [0.25, 0.3) is 0 Å². The van der Waals surface area contributed by atoms with E-state index in [-0.39, 0.29) is 21.0 Å². The van der Waals surface area contributed by atoms with Gasteiger partial charge in [0.15, 0.2) is 0 Å². The third-order valence-corrected chi connectivity index (χ3v) is 2.33. The Labute approximate surface area is 91.0 Å². The largest absolute Gasteiger partial charge is 0.490 e. The standard InChI is InChI=1S/C6H6B2Cl2O4/c9-5-1-3(7(11)12)6(10)2-4(5)8(13)14/h1-2,11-14H. The molecule has 8 heteroatoms. The van der Waals surface area contributed by atoms with E-state index < -0.39 is 14.2 Å². The monoisotopic (exact) mass is 234 g/mol. The van der Waals surface area contributed by atoms with Crippen LogP contribution in [0.1, 0.15) is 0 Å². The molecule has 0 spiro atoms. The highest BCUT2D eigenvalue weighted by Gasteiger charge is 2.22. The fourth-order valence-electron chi connectivity index (χ4n) is 0.973. The summed E-state index contributed by atoms with van der Waals surface area (Å²) in [5, 5.41) is 35.4. The number of benzene rings is 1. The molecule has 0 saturated carbocycles. The fraction of sp³-hybridized carbons (Fsp3) is 0. The van der Waals surface area contributed by atoms with Crippen LogP contribution in [0.25, 0.3) is 0 Å². The number of rotatable bonds is 2. The zero-order valence-electron chi connectivity index (χ0n) is 6.85. The lowest BCUT2D eigenvalue weighted by molar-refractivity contribution is 0.423. The van der Waals surface area contributed by atoms with E-state index in [0.717, 1.165) is 0 Å². The van der Waals surface area contributed by atoms with Crippen molar-refractivity contribution >= 4 is 48.4 Å². The van der Waals surface area contributed by atoms with Crippen molar-refractivity contribution in [3.8, 4) is 0 Å². The molecule has 1 aromatic rings. The van der Waals surface area contributed by atoms with E-state index in [0.29, 0.717) is 0 Å². The van der Waals surface area contributed by atoms with Crippen molar-refractivity contribution in [2.24, 2.45) is 0 Å². The summed E-state index contributed by atoms with van der Waals surface area (Å²) in [6.45, 7) is 0. The van der Waals surface area contributed by atoms with Gasteiger partial charge in [0.05, 0.1) is 0 Å². The van der Waals surface area contributed by atoms with Crippen LogP contribution in [0.3, 0.4) is 0 Å². The van der Waals surface area contributed by atoms with E-state index in [4.69, 9.17) is 43.3 Å². The molecule has 4 nitrogen and oxygen atoms in total. The molecule has 0 aromatic heterocycles. The van der Waals surface area contributed by atoms with Crippen LogP contribution < -0.4 is 10.9 Å². The molecule has 0 bridgehead atoms. The number of hydrogen-bond donors (Lipinski definition) is 4. The molecular weight excluding hydrogens is 229 g/mol. The molecule has 0 saturated heterocycles. The Morgan fingerprint density at radius 2 is 1.07 bits per heavy atom. The molecule has 0 unspecified atom stereocenters. The van der Waals surface area contributed by atoms with E-state index in [1.54, 1.807) is 0 Å². The predicted octanol–water partition coefficient (Wildman–Crippen LogP) is -1.65. The average Bonchev–Trinajstić information content (AvgIpc) is 2.07. The first kappa shape index (κ1) is 11.8. The minimum atomic E-state index is -1.75. The van der Waals surface area contributed by atoms with Crippen LogP contribution in [0.15, 0.2) is 12.1 Å². The lowest BCUT2D eigenvalue weighted by atomic mass is 9.74. The van der Waals surface area contributed by atoms with Crippen molar-refractivity contribution in [2.75, 3.05) is 0 Å². The smallest absolute Gasteiger partial charge is 0.423 e. The van der Waals surface area contributed by atoms with Crippen molar-refractivity contribution in [3.05, 3.63) is 22.2 Å². The van der Waals surface area contributed by atoms with Crippen LogP contribution in [-0.2, 0) is 0 Å². The van der Waals surface area contributed by atoms with Crippen LogP contribution in [-0.4, -0.2) is 34.3 Å². The minimum absolute atomic E-state index is 0.00694. The molecule has 0 aliphatic carbocycles. The summed E-state index contributed by atoms with van der Waals surface area (Å²) < 4.78 is 0. The van der Waals surface area contributed by atoms with Crippen molar-refractivity contribution < 1.29 is 20.1 Å². The Balaban J connectivity index is 3.24. The molecule has 14 heavy (non-hydrogen) atoms. The third kappa shape index (κ3) is 2.42. The maximum atomic E-state index is 8.85. The Bertz CT molecular complexity index is 311. The molecule has 4 N–H and O–H groups in total. The zero-order chi connectivity index (χ0) is 10.9. The summed E-state index contributed by atoms with van der Waals surface area (Å²) in [4.78, 5) is 0. The van der Waals surface area contributed by atoms with Gasteiger partial charge in [0.1, 0.15) is 0 Å². The third-order valence-electron chi connectivity index (χ3n) is 1.67. The topological polar surface area (TPSA) is 80.9 Å². The number of halogens is 2. The maximum Gasteiger partial charge on any atom is 0.490 e. The molecule has 0 fully saturated rings. The summed E-state index contributed by atoms with van der Waals surface area (Å²) in [7, 11) is -3.49. The first-order chi connectivity index (χ1) is 6.43. The van der Waals surface area contributed by atoms with Crippen LogP contribution in [0.2, 0.25) is 10.0 Å². The minimum Gasteiger partial charge on any atom is -0.423 e. The van der Waals surface area contributed by atoms with Gasteiger partial charge < -0.3 is 20.1 Å². The van der Waals surface area contributed by atoms with E-state index in [1.165, 1.54) is 12.1 Å². The Morgan fingerprint density at radius 3 is 1.29 bits per heavy atom. The zero-order valence-corrected chi connectivity index (χ0v) is 8.37. The van der Waals surface area contributed by atoms with Gasteiger partial charge in [-0.25, -0.2) is 0 Å². The van der Waals surface area contributed by atoms with E-state index in [2.05, 4.69) is 0 Å². The molecule has 1 rings (SSSR count). The lowest BCUT2D eigenvalue weighted by Crippen LogP contribution is -2.36. The molecule has 0 atom stereocenters. The Kier molecular flexibility index (Phi) is 3.83. The highest BCUT2D eigenvalue weighted by Crippen LogP contribution is 2.10. The summed E-state index contributed by atoms with van der Waals surface area (Å²) >= 11 is 11.3. The molecule has 0 aliphatic heterocycles. The summed E-state index contributed by atoms with van der Waals surface area (Å²) in [6, 6.07) is 2.34. The van der Waals surface area contributed by atoms with Crippen LogP contribution in [0.5, 0.6) is 0 Å². The molecule has 74 valence electrons. The highest BCUT2D eigenvalue weighted by atomic mass is 35.5. The second-order valence-corrected chi connectivity index (χ2v) is 3.46. The predicted molar refractivity (Wildman–Crippen MR) is 56.1 cm³/mol. The van der Waals surface area contributed by atoms with Gasteiger partial charge in [-0.05, 0) is 12.1 Å². The van der Waals surface area contributed by atoms with Crippen molar-refractivity contribution in [1.82, 2.24) is 0 Å².